The van der Waals surface area contributed by atoms with Crippen molar-refractivity contribution in [3.05, 3.63) is 66.6 Å². The molecule has 1 atom stereocenters. The van der Waals surface area contributed by atoms with Crippen LogP contribution in [0.2, 0.25) is 0 Å². The molecule has 1 fully saturated rings. The van der Waals surface area contributed by atoms with Crippen LogP contribution in [0.15, 0.2) is 65.5 Å². The molecular weight excluding hydrogens is 366 g/mol. The van der Waals surface area contributed by atoms with Crippen molar-refractivity contribution in [2.75, 3.05) is 18.0 Å². The molecule has 29 heavy (non-hydrogen) atoms. The van der Waals surface area contributed by atoms with Crippen LogP contribution in [0, 0.1) is 0 Å². The first kappa shape index (κ1) is 17.8. The van der Waals surface area contributed by atoms with Gasteiger partial charge in [0.25, 0.3) is 0 Å². The van der Waals surface area contributed by atoms with E-state index in [0.29, 0.717) is 24.0 Å². The fourth-order valence-electron chi connectivity index (χ4n) is 3.61. The highest BCUT2D eigenvalue weighted by atomic mass is 16.5. The summed E-state index contributed by atoms with van der Waals surface area (Å²) in [6.45, 7) is 2.19. The maximum atomic E-state index is 6.10. The average Bonchev–Trinajstić information content (AvgIpc) is 3.23. The van der Waals surface area contributed by atoms with Crippen LogP contribution < -0.4 is 4.90 Å². The van der Waals surface area contributed by atoms with Gasteiger partial charge in [0.15, 0.2) is 5.76 Å². The Morgan fingerprint density at radius 1 is 1.14 bits per heavy atom. The monoisotopic (exact) mass is 387 g/mol. The molecule has 5 rings (SSSR count). The minimum absolute atomic E-state index is 0.127. The van der Waals surface area contributed by atoms with Crippen molar-refractivity contribution < 1.29 is 9.15 Å². The molecule has 0 saturated carbocycles. The van der Waals surface area contributed by atoms with Gasteiger partial charge >= 0.3 is 0 Å². The van der Waals surface area contributed by atoms with Crippen LogP contribution >= 0.6 is 0 Å². The summed E-state index contributed by atoms with van der Waals surface area (Å²) in [7, 11) is 0. The third-order valence-electron chi connectivity index (χ3n) is 5.10. The van der Waals surface area contributed by atoms with E-state index in [9.17, 15) is 0 Å². The summed E-state index contributed by atoms with van der Waals surface area (Å²) < 4.78 is 12.0. The molecule has 3 aromatic heterocycles. The first-order valence-electron chi connectivity index (χ1n) is 9.79. The molecule has 0 amide bonds. The summed E-state index contributed by atoms with van der Waals surface area (Å²) in [5, 5.41) is 9.46. The molecule has 0 aliphatic carbocycles. The smallest absolute Gasteiger partial charge is 0.246 e. The van der Waals surface area contributed by atoms with Gasteiger partial charge in [-0.25, -0.2) is 4.98 Å². The number of rotatable bonds is 5. The predicted molar refractivity (Wildman–Crippen MR) is 109 cm³/mol. The quantitative estimate of drug-likeness (QED) is 0.514. The van der Waals surface area contributed by atoms with E-state index in [-0.39, 0.29) is 6.10 Å². The zero-order valence-corrected chi connectivity index (χ0v) is 15.9. The van der Waals surface area contributed by atoms with Gasteiger partial charge in [0, 0.05) is 30.9 Å². The van der Waals surface area contributed by atoms with E-state index in [1.807, 2.05) is 48.7 Å². The second kappa shape index (κ2) is 7.97. The SMILES string of the molecule is c1cncc(CO[C@@H]2CCCN(c3nncc(-c4cc5ccccc5o4)n3)C2)c1. The topological polar surface area (TPSA) is 77.2 Å². The number of ether oxygens (including phenoxy) is 1. The third kappa shape index (κ3) is 3.95. The first-order valence-corrected chi connectivity index (χ1v) is 9.79. The molecule has 4 heterocycles. The Kier molecular flexibility index (Phi) is 4.88. The van der Waals surface area contributed by atoms with Gasteiger partial charge in [0.1, 0.15) is 11.3 Å². The van der Waals surface area contributed by atoms with Gasteiger partial charge in [-0.15, -0.1) is 5.10 Å². The fraction of sp³-hybridized carbons (Fsp3) is 0.273. The van der Waals surface area contributed by atoms with Crippen molar-refractivity contribution in [2.24, 2.45) is 0 Å². The number of aromatic nitrogens is 4. The van der Waals surface area contributed by atoms with Crippen LogP contribution in [0.4, 0.5) is 5.95 Å². The van der Waals surface area contributed by atoms with Crippen molar-refractivity contribution >= 4 is 16.9 Å². The predicted octanol–water partition coefficient (Wildman–Crippen LogP) is 3.87. The molecule has 1 aromatic carbocycles. The highest BCUT2D eigenvalue weighted by Crippen LogP contribution is 2.27. The van der Waals surface area contributed by atoms with Crippen LogP contribution in [0.5, 0.6) is 0 Å². The van der Waals surface area contributed by atoms with Gasteiger partial charge < -0.3 is 14.1 Å². The minimum Gasteiger partial charge on any atom is -0.454 e. The lowest BCUT2D eigenvalue weighted by molar-refractivity contribution is 0.0311. The van der Waals surface area contributed by atoms with E-state index in [1.165, 1.54) is 0 Å². The van der Waals surface area contributed by atoms with Gasteiger partial charge in [-0.1, -0.05) is 24.3 Å². The third-order valence-corrected chi connectivity index (χ3v) is 5.10. The van der Waals surface area contributed by atoms with Gasteiger partial charge in [-0.3, -0.25) is 4.98 Å². The molecule has 7 heteroatoms. The second-order valence-electron chi connectivity index (χ2n) is 7.17. The Hall–Kier alpha value is -3.32. The standard InChI is InChI=1S/C22H21N5O2/c1-2-8-20-17(6-1)11-21(29-20)19-13-24-26-22(25-19)27-10-4-7-18(14-27)28-15-16-5-3-9-23-12-16/h1-3,5-6,8-9,11-13,18H,4,7,10,14-15H2/t18-/m1/s1. The van der Waals surface area contributed by atoms with Gasteiger partial charge in [-0.05, 0) is 36.6 Å². The van der Waals surface area contributed by atoms with Gasteiger partial charge in [0.05, 0.1) is 18.9 Å². The van der Waals surface area contributed by atoms with Crippen molar-refractivity contribution in [2.45, 2.75) is 25.6 Å². The molecule has 0 unspecified atom stereocenters. The molecule has 0 spiro atoms. The molecular formula is C22H21N5O2. The summed E-state index contributed by atoms with van der Waals surface area (Å²) in [6, 6.07) is 13.9. The molecule has 1 saturated heterocycles. The molecule has 146 valence electrons. The summed E-state index contributed by atoms with van der Waals surface area (Å²) in [6.07, 6.45) is 7.42. The van der Waals surface area contributed by atoms with Gasteiger partial charge in [-0.2, -0.15) is 5.10 Å². The molecule has 0 radical (unpaired) electrons. The van der Waals surface area contributed by atoms with E-state index >= 15 is 0 Å². The molecule has 0 bridgehead atoms. The van der Waals surface area contributed by atoms with E-state index in [2.05, 4.69) is 20.1 Å². The minimum atomic E-state index is 0.127. The largest absolute Gasteiger partial charge is 0.454 e. The molecule has 7 nitrogen and oxygen atoms in total. The maximum absolute atomic E-state index is 6.10. The van der Waals surface area contributed by atoms with Crippen molar-refractivity contribution in [3.8, 4) is 11.5 Å². The van der Waals surface area contributed by atoms with Crippen molar-refractivity contribution in [1.82, 2.24) is 20.2 Å². The number of piperidine rings is 1. The summed E-state index contributed by atoms with van der Waals surface area (Å²) in [5.41, 5.74) is 2.60. The van der Waals surface area contributed by atoms with Crippen LogP contribution in [-0.2, 0) is 11.3 Å². The number of hydrogen-bond acceptors (Lipinski definition) is 7. The first-order chi connectivity index (χ1) is 14.3. The number of hydrogen-bond donors (Lipinski definition) is 0. The Balaban J connectivity index is 1.30. The van der Waals surface area contributed by atoms with Crippen LogP contribution in [0.25, 0.3) is 22.4 Å². The summed E-state index contributed by atoms with van der Waals surface area (Å²) >= 11 is 0. The lowest BCUT2D eigenvalue weighted by atomic mass is 10.1. The zero-order valence-electron chi connectivity index (χ0n) is 15.9. The number of benzene rings is 1. The second-order valence-corrected chi connectivity index (χ2v) is 7.17. The fourth-order valence-corrected chi connectivity index (χ4v) is 3.61. The van der Waals surface area contributed by atoms with Crippen molar-refractivity contribution in [3.63, 3.8) is 0 Å². The van der Waals surface area contributed by atoms with E-state index in [0.717, 1.165) is 42.5 Å². The average molecular weight is 387 g/mol. The molecule has 4 aromatic rings. The Morgan fingerprint density at radius 3 is 3.00 bits per heavy atom. The zero-order chi connectivity index (χ0) is 19.5. The highest BCUT2D eigenvalue weighted by molar-refractivity contribution is 5.82. The number of furan rings is 1. The van der Waals surface area contributed by atoms with Crippen LogP contribution in [0.1, 0.15) is 18.4 Å². The highest BCUT2D eigenvalue weighted by Gasteiger charge is 2.23. The lowest BCUT2D eigenvalue weighted by Crippen LogP contribution is -2.40. The number of fused-ring (bicyclic) bond motifs is 1. The Morgan fingerprint density at radius 2 is 2.10 bits per heavy atom. The van der Waals surface area contributed by atoms with E-state index in [1.54, 1.807) is 12.4 Å². The van der Waals surface area contributed by atoms with Crippen molar-refractivity contribution in [1.29, 1.82) is 0 Å². The van der Waals surface area contributed by atoms with E-state index < -0.39 is 0 Å². The normalized spacial score (nSPS) is 17.0. The Bertz CT molecular complexity index is 1070. The molecule has 1 aliphatic heterocycles. The number of pyridine rings is 1. The summed E-state index contributed by atoms with van der Waals surface area (Å²) in [5.74, 6) is 1.31. The molecule has 1 aliphatic rings. The maximum Gasteiger partial charge on any atom is 0.246 e. The number of anilines is 1. The van der Waals surface area contributed by atoms with Crippen LogP contribution in [0.3, 0.4) is 0 Å². The van der Waals surface area contributed by atoms with E-state index in [4.69, 9.17) is 14.1 Å². The summed E-state index contributed by atoms with van der Waals surface area (Å²) in [4.78, 5) is 11.0. The number of nitrogens with zero attached hydrogens (tertiary/aromatic N) is 5. The van der Waals surface area contributed by atoms with Gasteiger partial charge in [0.2, 0.25) is 5.95 Å². The molecule has 0 N–H and O–H groups in total. The van der Waals surface area contributed by atoms with Crippen LogP contribution in [-0.4, -0.2) is 39.4 Å². The lowest BCUT2D eigenvalue weighted by Gasteiger charge is -2.32. The Labute approximate surface area is 168 Å². The number of para-hydroxylation sites is 1.